The van der Waals surface area contributed by atoms with E-state index in [0.717, 1.165) is 37.9 Å². The molecule has 7 aromatic rings. The summed E-state index contributed by atoms with van der Waals surface area (Å²) in [6.45, 7) is -0.106. The highest BCUT2D eigenvalue weighted by atomic mass is 16.6. The molecule has 6 aromatic carbocycles. The number of H-pyrrole nitrogens is 1. The van der Waals surface area contributed by atoms with Gasteiger partial charge in [0, 0.05) is 6.20 Å². The lowest BCUT2D eigenvalue weighted by Gasteiger charge is -2.41. The van der Waals surface area contributed by atoms with Gasteiger partial charge in [-0.2, -0.15) is 0 Å². The number of rotatable bonds is 12. The van der Waals surface area contributed by atoms with Crippen molar-refractivity contribution in [3.05, 3.63) is 248 Å². The monoisotopic (exact) mass is 752 g/mol. The Morgan fingerprint density at radius 2 is 0.982 bits per heavy atom. The summed E-state index contributed by atoms with van der Waals surface area (Å²) in [4.78, 5) is 28.3. The molecule has 1 saturated heterocycles. The molecule has 57 heavy (non-hydrogen) atoms. The van der Waals surface area contributed by atoms with Crippen LogP contribution in [-0.2, 0) is 25.4 Å². The smallest absolute Gasteiger partial charge is 0.330 e. The maximum absolute atomic E-state index is 13.5. The molecule has 1 aliphatic rings. The summed E-state index contributed by atoms with van der Waals surface area (Å²) in [5, 5.41) is 12.5. The van der Waals surface area contributed by atoms with Crippen molar-refractivity contribution in [3.8, 4) is 12.3 Å². The van der Waals surface area contributed by atoms with Crippen LogP contribution < -0.4 is 11.2 Å². The summed E-state index contributed by atoms with van der Waals surface area (Å²) < 4.78 is 22.6. The Labute approximate surface area is 330 Å². The van der Waals surface area contributed by atoms with Gasteiger partial charge < -0.3 is 19.3 Å². The summed E-state index contributed by atoms with van der Waals surface area (Å²) in [6.07, 6.45) is 2.02. The molecule has 1 aromatic heterocycles. The van der Waals surface area contributed by atoms with E-state index in [1.54, 1.807) is 0 Å². The zero-order chi connectivity index (χ0) is 39.2. The molecule has 0 bridgehead atoms. The largest absolute Gasteiger partial charge is 0.386 e. The van der Waals surface area contributed by atoms with Crippen LogP contribution in [0.15, 0.2) is 198 Å². The Bertz CT molecular complexity index is 2360. The second kappa shape index (κ2) is 16.2. The molecule has 0 radical (unpaired) electrons. The van der Waals surface area contributed by atoms with Crippen molar-refractivity contribution in [2.24, 2.45) is 0 Å². The fourth-order valence-electron chi connectivity index (χ4n) is 7.91. The fourth-order valence-corrected chi connectivity index (χ4v) is 7.91. The SMILES string of the molecule is C#Cc1cn([C@@H]2O[C@H](COC(c3ccccc3)(c3ccccc3)c3ccccc3)[C@@H](OC(c3ccccc3)(c3ccccc3)c3ccccc3)[C@H]2O)c(=O)[nH]c1=O. The molecule has 0 aliphatic carbocycles. The van der Waals surface area contributed by atoms with Crippen LogP contribution in [0.4, 0.5) is 0 Å². The molecule has 2 heterocycles. The molecule has 1 fully saturated rings. The van der Waals surface area contributed by atoms with Gasteiger partial charge in [-0.15, -0.1) is 6.42 Å². The standard InChI is InChI=1S/C49H40N2O6/c1-2-35-33-51(47(54)50-45(35)53)46-43(52)44(57-49(39-27-15-6-16-28-39,40-29-17-7-18-30-40)41-31-19-8-20-32-41)42(56-46)34-55-48(36-21-9-3-10-22-36,37-23-11-4-12-24-37)38-25-13-5-14-26-38/h1,3-33,42-44,46,52H,34H2,(H,50,53,54)/t42-,43-,44-,46-/m1/s1. The van der Waals surface area contributed by atoms with Crippen LogP contribution in [0.2, 0.25) is 0 Å². The molecule has 2 N–H and O–H groups in total. The van der Waals surface area contributed by atoms with Gasteiger partial charge in [-0.05, 0) is 33.4 Å². The molecule has 282 valence electrons. The van der Waals surface area contributed by atoms with Gasteiger partial charge >= 0.3 is 5.69 Å². The van der Waals surface area contributed by atoms with E-state index >= 15 is 0 Å². The van der Waals surface area contributed by atoms with Gasteiger partial charge in [-0.1, -0.05) is 188 Å². The van der Waals surface area contributed by atoms with Crippen molar-refractivity contribution < 1.29 is 19.3 Å². The number of terminal acetylenes is 1. The maximum atomic E-state index is 13.5. The Hall–Kier alpha value is -6.60. The van der Waals surface area contributed by atoms with E-state index in [4.69, 9.17) is 20.6 Å². The number of aromatic nitrogens is 2. The number of hydrogen-bond donors (Lipinski definition) is 2. The van der Waals surface area contributed by atoms with Gasteiger partial charge in [0.15, 0.2) is 6.23 Å². The first-order valence-electron chi connectivity index (χ1n) is 18.8. The fraction of sp³-hybridized carbons (Fsp3) is 0.143. The van der Waals surface area contributed by atoms with Crippen LogP contribution in [0.1, 0.15) is 45.2 Å². The predicted octanol–water partition coefficient (Wildman–Crippen LogP) is 7.16. The topological polar surface area (TPSA) is 103 Å². The molecule has 4 atom stereocenters. The molecule has 8 rings (SSSR count). The molecular formula is C49H40N2O6. The van der Waals surface area contributed by atoms with Crippen molar-refractivity contribution in [3.63, 3.8) is 0 Å². The summed E-state index contributed by atoms with van der Waals surface area (Å²) in [5.74, 6) is 2.33. The lowest BCUT2D eigenvalue weighted by atomic mass is 9.79. The van der Waals surface area contributed by atoms with Crippen LogP contribution in [-0.4, -0.2) is 39.6 Å². The molecular weight excluding hydrogens is 713 g/mol. The third kappa shape index (κ3) is 6.95. The Morgan fingerprint density at radius 1 is 0.614 bits per heavy atom. The molecule has 0 saturated carbocycles. The van der Waals surface area contributed by atoms with Crippen LogP contribution >= 0.6 is 0 Å². The molecule has 0 unspecified atom stereocenters. The number of nitrogens with zero attached hydrogens (tertiary/aromatic N) is 1. The van der Waals surface area contributed by atoms with Gasteiger partial charge in [-0.3, -0.25) is 14.3 Å². The number of aromatic amines is 1. The minimum Gasteiger partial charge on any atom is -0.386 e. The van der Waals surface area contributed by atoms with Crippen molar-refractivity contribution in [2.45, 2.75) is 35.7 Å². The van der Waals surface area contributed by atoms with Gasteiger partial charge in [0.2, 0.25) is 0 Å². The Kier molecular flexibility index (Phi) is 10.6. The first kappa shape index (κ1) is 37.3. The average molecular weight is 753 g/mol. The third-order valence-electron chi connectivity index (χ3n) is 10.6. The molecule has 0 amide bonds. The summed E-state index contributed by atoms with van der Waals surface area (Å²) >= 11 is 0. The molecule has 1 aliphatic heterocycles. The van der Waals surface area contributed by atoms with E-state index in [2.05, 4.69) is 10.9 Å². The normalized spacial score (nSPS) is 18.2. The third-order valence-corrected chi connectivity index (χ3v) is 10.6. The highest BCUT2D eigenvalue weighted by Crippen LogP contribution is 2.46. The van der Waals surface area contributed by atoms with Crippen LogP contribution in [0.5, 0.6) is 0 Å². The van der Waals surface area contributed by atoms with E-state index in [0.29, 0.717) is 0 Å². The number of aliphatic hydroxyl groups is 1. The molecule has 0 spiro atoms. The van der Waals surface area contributed by atoms with E-state index < -0.39 is 47.0 Å². The highest BCUT2D eigenvalue weighted by molar-refractivity contribution is 5.49. The Morgan fingerprint density at radius 3 is 1.35 bits per heavy atom. The predicted molar refractivity (Wildman–Crippen MR) is 218 cm³/mol. The summed E-state index contributed by atoms with van der Waals surface area (Å²) in [5.41, 5.74) is 1.02. The minimum atomic E-state index is -1.46. The van der Waals surface area contributed by atoms with E-state index in [1.165, 1.54) is 6.20 Å². The van der Waals surface area contributed by atoms with E-state index in [1.807, 2.05) is 182 Å². The second-order valence-electron chi connectivity index (χ2n) is 13.9. The van der Waals surface area contributed by atoms with Crippen LogP contribution in [0, 0.1) is 12.3 Å². The lowest BCUT2D eigenvalue weighted by molar-refractivity contribution is -0.131. The first-order valence-corrected chi connectivity index (χ1v) is 18.8. The second-order valence-corrected chi connectivity index (χ2v) is 13.9. The highest BCUT2D eigenvalue weighted by Gasteiger charge is 2.52. The zero-order valence-electron chi connectivity index (χ0n) is 30.9. The average Bonchev–Trinajstić information content (AvgIpc) is 3.58. The van der Waals surface area contributed by atoms with Crippen molar-refractivity contribution in [1.29, 1.82) is 0 Å². The van der Waals surface area contributed by atoms with Crippen molar-refractivity contribution in [1.82, 2.24) is 9.55 Å². The molecule has 8 heteroatoms. The first-order chi connectivity index (χ1) is 28.0. The van der Waals surface area contributed by atoms with Gasteiger partial charge in [0.25, 0.3) is 5.56 Å². The maximum Gasteiger partial charge on any atom is 0.330 e. The number of hydrogen-bond acceptors (Lipinski definition) is 6. The zero-order valence-corrected chi connectivity index (χ0v) is 30.9. The van der Waals surface area contributed by atoms with Crippen LogP contribution in [0.25, 0.3) is 0 Å². The van der Waals surface area contributed by atoms with Gasteiger partial charge in [0.05, 0.1) is 6.61 Å². The molecule has 8 nitrogen and oxygen atoms in total. The Balaban J connectivity index is 1.31. The van der Waals surface area contributed by atoms with Gasteiger partial charge in [0.1, 0.15) is 35.1 Å². The number of aliphatic hydroxyl groups excluding tert-OH is 1. The quantitative estimate of drug-likeness (QED) is 0.102. The number of nitrogens with one attached hydrogen (secondary N) is 1. The summed E-state index contributed by atoms with van der Waals surface area (Å²) in [7, 11) is 0. The van der Waals surface area contributed by atoms with Crippen LogP contribution in [0.3, 0.4) is 0 Å². The summed E-state index contributed by atoms with van der Waals surface area (Å²) in [6, 6.07) is 59.2. The number of ether oxygens (including phenoxy) is 3. The minimum absolute atomic E-state index is 0.0916. The van der Waals surface area contributed by atoms with Crippen molar-refractivity contribution in [2.75, 3.05) is 6.61 Å². The van der Waals surface area contributed by atoms with Gasteiger partial charge in [-0.25, -0.2) is 4.79 Å². The lowest BCUT2D eigenvalue weighted by Crippen LogP contribution is -2.47. The number of benzene rings is 6. The van der Waals surface area contributed by atoms with Crippen molar-refractivity contribution >= 4 is 0 Å². The van der Waals surface area contributed by atoms with E-state index in [9.17, 15) is 14.7 Å². The van der Waals surface area contributed by atoms with E-state index in [-0.39, 0.29) is 12.2 Å².